The molecular formula is C25H25N3O2S. The summed E-state index contributed by atoms with van der Waals surface area (Å²) in [6.45, 7) is 8.34. The lowest BCUT2D eigenvalue weighted by molar-refractivity contribution is -0.116. The van der Waals surface area contributed by atoms with E-state index in [-0.39, 0.29) is 23.4 Å². The molecule has 6 heteroatoms. The van der Waals surface area contributed by atoms with Crippen LogP contribution in [0.3, 0.4) is 0 Å². The lowest BCUT2D eigenvalue weighted by Crippen LogP contribution is -2.27. The molecule has 4 aromatic rings. The number of amides is 1. The molecule has 2 aromatic carbocycles. The monoisotopic (exact) mass is 431 g/mol. The highest BCUT2D eigenvalue weighted by molar-refractivity contribution is 7.19. The van der Waals surface area contributed by atoms with Gasteiger partial charge in [0.15, 0.2) is 0 Å². The molecule has 0 aliphatic heterocycles. The number of aromatic nitrogens is 2. The standard InChI is InChI=1S/C25H25N3O2S/c1-16-21(17-8-6-5-7-9-17)22-23(31-16)26-15-28(24(22)30)14-20(29)27-19-12-10-18(11-13-19)25(2,3)4/h5-13,15H,14H2,1-4H3,(H,27,29). The van der Waals surface area contributed by atoms with E-state index in [1.807, 2.05) is 61.5 Å². The van der Waals surface area contributed by atoms with E-state index in [0.29, 0.717) is 15.9 Å². The average Bonchev–Trinajstić information content (AvgIpc) is 3.07. The van der Waals surface area contributed by atoms with E-state index < -0.39 is 0 Å². The van der Waals surface area contributed by atoms with Gasteiger partial charge in [-0.3, -0.25) is 14.2 Å². The van der Waals surface area contributed by atoms with Crippen LogP contribution in [0.5, 0.6) is 0 Å². The first-order valence-corrected chi connectivity index (χ1v) is 11.0. The molecule has 0 unspecified atom stereocenters. The fraction of sp³-hybridized carbons (Fsp3) is 0.240. The molecule has 0 saturated heterocycles. The van der Waals surface area contributed by atoms with Crippen molar-refractivity contribution < 1.29 is 4.79 Å². The molecule has 0 saturated carbocycles. The summed E-state index contributed by atoms with van der Waals surface area (Å²) in [4.78, 5) is 32.0. The number of nitrogens with one attached hydrogen (secondary N) is 1. The Morgan fingerprint density at radius 3 is 2.39 bits per heavy atom. The third kappa shape index (κ3) is 4.30. The minimum atomic E-state index is -0.264. The van der Waals surface area contributed by atoms with Crippen LogP contribution in [-0.2, 0) is 16.8 Å². The second kappa shape index (κ2) is 8.12. The Morgan fingerprint density at radius 2 is 1.74 bits per heavy atom. The SMILES string of the molecule is Cc1sc2ncn(CC(=O)Nc3ccc(C(C)(C)C)cc3)c(=O)c2c1-c1ccccc1. The van der Waals surface area contributed by atoms with Crippen molar-refractivity contribution in [1.29, 1.82) is 0 Å². The minimum Gasteiger partial charge on any atom is -0.325 e. The van der Waals surface area contributed by atoms with Gasteiger partial charge in [-0.2, -0.15) is 0 Å². The number of aryl methyl sites for hydroxylation is 1. The van der Waals surface area contributed by atoms with Gasteiger partial charge in [-0.05, 0) is 35.6 Å². The van der Waals surface area contributed by atoms with Crippen molar-refractivity contribution in [3.63, 3.8) is 0 Å². The normalized spacial score (nSPS) is 11.6. The van der Waals surface area contributed by atoms with E-state index in [9.17, 15) is 9.59 Å². The third-order valence-corrected chi connectivity index (χ3v) is 6.28. The molecule has 0 spiro atoms. The maximum Gasteiger partial charge on any atom is 0.263 e. The van der Waals surface area contributed by atoms with Crippen molar-refractivity contribution in [2.75, 3.05) is 5.32 Å². The van der Waals surface area contributed by atoms with Gasteiger partial charge in [-0.25, -0.2) is 4.98 Å². The van der Waals surface area contributed by atoms with Gasteiger partial charge in [0.05, 0.1) is 11.7 Å². The Morgan fingerprint density at radius 1 is 1.06 bits per heavy atom. The van der Waals surface area contributed by atoms with Crippen LogP contribution >= 0.6 is 11.3 Å². The molecule has 0 radical (unpaired) electrons. The average molecular weight is 432 g/mol. The fourth-order valence-electron chi connectivity index (χ4n) is 3.61. The first-order chi connectivity index (χ1) is 14.7. The molecule has 158 valence electrons. The van der Waals surface area contributed by atoms with Crippen molar-refractivity contribution in [2.24, 2.45) is 0 Å². The molecular weight excluding hydrogens is 406 g/mol. The number of benzene rings is 2. The fourth-order valence-corrected chi connectivity index (χ4v) is 4.61. The molecule has 0 atom stereocenters. The van der Waals surface area contributed by atoms with Crippen LogP contribution in [0.4, 0.5) is 5.69 Å². The van der Waals surface area contributed by atoms with Crippen LogP contribution in [0, 0.1) is 6.92 Å². The number of hydrogen-bond donors (Lipinski definition) is 1. The summed E-state index contributed by atoms with van der Waals surface area (Å²) in [5, 5.41) is 3.44. The second-order valence-electron chi connectivity index (χ2n) is 8.63. The van der Waals surface area contributed by atoms with E-state index in [1.54, 1.807) is 0 Å². The smallest absolute Gasteiger partial charge is 0.263 e. The zero-order valence-corrected chi connectivity index (χ0v) is 18.9. The largest absolute Gasteiger partial charge is 0.325 e. The molecule has 0 fully saturated rings. The van der Waals surface area contributed by atoms with Gasteiger partial charge in [0.1, 0.15) is 11.4 Å². The van der Waals surface area contributed by atoms with Gasteiger partial charge in [0.25, 0.3) is 5.56 Å². The van der Waals surface area contributed by atoms with Crippen LogP contribution < -0.4 is 10.9 Å². The zero-order chi connectivity index (χ0) is 22.2. The highest BCUT2D eigenvalue weighted by atomic mass is 32.1. The summed E-state index contributed by atoms with van der Waals surface area (Å²) in [6, 6.07) is 17.6. The quantitative estimate of drug-likeness (QED) is 0.472. The van der Waals surface area contributed by atoms with Crippen molar-refractivity contribution >= 4 is 33.1 Å². The number of rotatable bonds is 4. The molecule has 0 aliphatic carbocycles. The first-order valence-electron chi connectivity index (χ1n) is 10.2. The lowest BCUT2D eigenvalue weighted by atomic mass is 9.87. The van der Waals surface area contributed by atoms with Gasteiger partial charge in [0, 0.05) is 16.1 Å². The molecule has 1 amide bonds. The lowest BCUT2D eigenvalue weighted by Gasteiger charge is -2.19. The maximum atomic E-state index is 13.2. The second-order valence-corrected chi connectivity index (χ2v) is 9.84. The highest BCUT2D eigenvalue weighted by Gasteiger charge is 2.18. The number of thiophene rings is 1. The topological polar surface area (TPSA) is 64.0 Å². The summed E-state index contributed by atoms with van der Waals surface area (Å²) in [7, 11) is 0. The van der Waals surface area contributed by atoms with E-state index in [1.165, 1.54) is 27.8 Å². The van der Waals surface area contributed by atoms with Crippen LogP contribution in [0.1, 0.15) is 31.2 Å². The molecule has 0 bridgehead atoms. The van der Waals surface area contributed by atoms with Crippen molar-refractivity contribution in [3.8, 4) is 11.1 Å². The number of nitrogens with zero attached hydrogens (tertiary/aromatic N) is 2. The summed E-state index contributed by atoms with van der Waals surface area (Å²) < 4.78 is 1.37. The molecule has 31 heavy (non-hydrogen) atoms. The molecule has 4 rings (SSSR count). The van der Waals surface area contributed by atoms with E-state index >= 15 is 0 Å². The number of fused-ring (bicyclic) bond motifs is 1. The zero-order valence-electron chi connectivity index (χ0n) is 18.1. The number of carbonyl (C=O) groups is 1. The summed E-state index contributed by atoms with van der Waals surface area (Å²) >= 11 is 1.50. The van der Waals surface area contributed by atoms with Crippen LogP contribution in [0.25, 0.3) is 21.3 Å². The number of carbonyl (C=O) groups excluding carboxylic acids is 1. The number of hydrogen-bond acceptors (Lipinski definition) is 4. The van der Waals surface area contributed by atoms with Crippen LogP contribution in [0.2, 0.25) is 0 Å². The predicted octanol–water partition coefficient (Wildman–Crippen LogP) is 5.37. The van der Waals surface area contributed by atoms with Crippen molar-refractivity contribution in [1.82, 2.24) is 9.55 Å². The molecule has 1 N–H and O–H groups in total. The third-order valence-electron chi connectivity index (χ3n) is 5.27. The molecule has 2 aromatic heterocycles. The van der Waals surface area contributed by atoms with Gasteiger partial charge >= 0.3 is 0 Å². The Kier molecular flexibility index (Phi) is 5.50. The van der Waals surface area contributed by atoms with E-state index in [0.717, 1.165) is 16.0 Å². The highest BCUT2D eigenvalue weighted by Crippen LogP contribution is 2.35. The van der Waals surface area contributed by atoms with Crippen LogP contribution in [0.15, 0.2) is 65.7 Å². The Bertz CT molecular complexity index is 1300. The predicted molar refractivity (Wildman–Crippen MR) is 128 cm³/mol. The maximum absolute atomic E-state index is 13.2. The van der Waals surface area contributed by atoms with Crippen molar-refractivity contribution in [2.45, 2.75) is 39.7 Å². The Balaban J connectivity index is 1.61. The Hall–Kier alpha value is -3.25. The Labute approximate surface area is 185 Å². The molecule has 2 heterocycles. The van der Waals surface area contributed by atoms with Crippen molar-refractivity contribution in [3.05, 3.63) is 81.7 Å². The van der Waals surface area contributed by atoms with Gasteiger partial charge in [-0.1, -0.05) is 63.2 Å². The molecule has 5 nitrogen and oxygen atoms in total. The molecule has 0 aliphatic rings. The number of anilines is 1. The summed E-state index contributed by atoms with van der Waals surface area (Å²) in [5.41, 5.74) is 3.61. The van der Waals surface area contributed by atoms with Gasteiger partial charge in [0.2, 0.25) is 5.91 Å². The van der Waals surface area contributed by atoms with Gasteiger partial charge in [-0.15, -0.1) is 11.3 Å². The van der Waals surface area contributed by atoms with Crippen LogP contribution in [-0.4, -0.2) is 15.5 Å². The van der Waals surface area contributed by atoms with E-state index in [2.05, 4.69) is 31.1 Å². The summed E-state index contributed by atoms with van der Waals surface area (Å²) in [6.07, 6.45) is 1.46. The van der Waals surface area contributed by atoms with E-state index in [4.69, 9.17) is 0 Å². The first kappa shape index (κ1) is 21.0. The summed E-state index contributed by atoms with van der Waals surface area (Å²) in [5.74, 6) is -0.264. The minimum absolute atomic E-state index is 0.0477. The van der Waals surface area contributed by atoms with Gasteiger partial charge < -0.3 is 5.32 Å².